The molecule has 0 unspecified atom stereocenters. The number of aliphatic carboxylic acids is 1. The third-order valence-electron chi connectivity index (χ3n) is 4.14. The molecule has 23 heavy (non-hydrogen) atoms. The quantitative estimate of drug-likeness (QED) is 0.842. The normalized spacial score (nSPS) is 16.9. The number of rotatable bonds is 4. The van der Waals surface area contributed by atoms with Crippen LogP contribution < -0.4 is 5.32 Å². The van der Waals surface area contributed by atoms with Crippen LogP contribution in [0.4, 0.5) is 0 Å². The largest absolute Gasteiger partial charge is 0.480 e. The number of halogens is 1. The Labute approximate surface area is 137 Å². The Bertz CT molecular complexity index is 791. The number of pyridine rings is 1. The van der Waals surface area contributed by atoms with Gasteiger partial charge in [-0.1, -0.05) is 30.5 Å². The number of hydrogen-bond acceptors (Lipinski definition) is 3. The van der Waals surface area contributed by atoms with Gasteiger partial charge in [0.05, 0.1) is 5.69 Å². The van der Waals surface area contributed by atoms with E-state index < -0.39 is 17.4 Å². The molecule has 1 aliphatic carbocycles. The molecule has 1 saturated carbocycles. The maximum atomic E-state index is 12.1. The van der Waals surface area contributed by atoms with Crippen molar-refractivity contribution in [3.8, 4) is 0 Å². The lowest BCUT2D eigenvalue weighted by Crippen LogP contribution is -2.52. The van der Waals surface area contributed by atoms with Crippen LogP contribution in [-0.4, -0.2) is 31.9 Å². The molecule has 0 spiro atoms. The van der Waals surface area contributed by atoms with E-state index in [0.717, 1.165) is 12.8 Å². The number of amides is 1. The van der Waals surface area contributed by atoms with Crippen molar-refractivity contribution in [1.29, 1.82) is 0 Å². The second-order valence-corrected chi connectivity index (χ2v) is 5.99. The summed E-state index contributed by atoms with van der Waals surface area (Å²) in [5, 5.41) is 12.3. The second kappa shape index (κ2) is 6.04. The minimum atomic E-state index is -1.15. The molecule has 2 aromatic rings. The van der Waals surface area contributed by atoms with Crippen LogP contribution in [0.2, 0.25) is 5.15 Å². The van der Waals surface area contributed by atoms with Crippen molar-refractivity contribution in [2.24, 2.45) is 0 Å². The summed E-state index contributed by atoms with van der Waals surface area (Å²) in [5.41, 5.74) is 0.105. The molecule has 0 bridgehead atoms. The standard InChI is InChI=1S/C16H16ClN3O3/c17-14-11(20-10-4-1-5-12(20)18-14)6-7-13(21)19-16(15(22)23)8-2-3-9-16/h1,4-7,10H,2-3,8-9H2,(H,19,21)(H,22,23)/b7-6-. The highest BCUT2D eigenvalue weighted by atomic mass is 35.5. The number of nitrogens with zero attached hydrogens (tertiary/aromatic N) is 2. The molecule has 0 aromatic carbocycles. The minimum Gasteiger partial charge on any atom is -0.480 e. The fraction of sp³-hybridized carbons (Fsp3) is 0.312. The van der Waals surface area contributed by atoms with E-state index in [1.165, 1.54) is 6.08 Å². The number of carbonyl (C=O) groups excluding carboxylic acids is 1. The van der Waals surface area contributed by atoms with Crippen LogP contribution >= 0.6 is 11.6 Å². The van der Waals surface area contributed by atoms with Gasteiger partial charge in [0.25, 0.3) is 0 Å². The van der Waals surface area contributed by atoms with Crippen molar-refractivity contribution in [2.75, 3.05) is 0 Å². The lowest BCUT2D eigenvalue weighted by molar-refractivity contribution is -0.146. The highest BCUT2D eigenvalue weighted by molar-refractivity contribution is 6.31. The van der Waals surface area contributed by atoms with E-state index in [4.69, 9.17) is 11.6 Å². The Morgan fingerprint density at radius 1 is 1.35 bits per heavy atom. The average molecular weight is 334 g/mol. The summed E-state index contributed by atoms with van der Waals surface area (Å²) < 4.78 is 1.76. The van der Waals surface area contributed by atoms with E-state index in [2.05, 4.69) is 10.3 Å². The molecule has 6 nitrogen and oxygen atoms in total. The van der Waals surface area contributed by atoms with E-state index in [1.807, 2.05) is 12.1 Å². The summed E-state index contributed by atoms with van der Waals surface area (Å²) in [7, 11) is 0. The summed E-state index contributed by atoms with van der Waals surface area (Å²) >= 11 is 6.09. The number of fused-ring (bicyclic) bond motifs is 1. The zero-order chi connectivity index (χ0) is 16.4. The van der Waals surface area contributed by atoms with Crippen molar-refractivity contribution in [3.05, 3.63) is 41.3 Å². The van der Waals surface area contributed by atoms with Crippen molar-refractivity contribution >= 4 is 35.2 Å². The summed E-state index contributed by atoms with van der Waals surface area (Å²) in [6, 6.07) is 5.48. The fourth-order valence-corrected chi connectivity index (χ4v) is 3.18. The van der Waals surface area contributed by atoms with Gasteiger partial charge in [0, 0.05) is 12.3 Å². The molecule has 2 heterocycles. The molecule has 3 rings (SSSR count). The van der Waals surface area contributed by atoms with Crippen LogP contribution in [0.5, 0.6) is 0 Å². The maximum absolute atomic E-state index is 12.1. The van der Waals surface area contributed by atoms with Gasteiger partial charge in [-0.15, -0.1) is 0 Å². The van der Waals surface area contributed by atoms with Crippen LogP contribution in [0.15, 0.2) is 30.5 Å². The second-order valence-electron chi connectivity index (χ2n) is 5.63. The van der Waals surface area contributed by atoms with Gasteiger partial charge in [-0.2, -0.15) is 0 Å². The zero-order valence-corrected chi connectivity index (χ0v) is 13.1. The van der Waals surface area contributed by atoms with Crippen LogP contribution in [0.1, 0.15) is 31.4 Å². The van der Waals surface area contributed by atoms with E-state index in [0.29, 0.717) is 24.2 Å². The molecule has 7 heteroatoms. The Morgan fingerprint density at radius 2 is 2.09 bits per heavy atom. The molecule has 2 N–H and O–H groups in total. The maximum Gasteiger partial charge on any atom is 0.329 e. The molecule has 0 saturated heterocycles. The first-order valence-corrected chi connectivity index (χ1v) is 7.76. The molecule has 120 valence electrons. The molecule has 0 aliphatic heterocycles. The first-order chi connectivity index (χ1) is 11.0. The molecular formula is C16H16ClN3O3. The van der Waals surface area contributed by atoms with Gasteiger partial charge < -0.3 is 10.4 Å². The Kier molecular flexibility index (Phi) is 4.09. The van der Waals surface area contributed by atoms with Crippen LogP contribution in [0, 0.1) is 0 Å². The number of nitrogens with one attached hydrogen (secondary N) is 1. The third kappa shape index (κ3) is 2.94. The predicted octanol–water partition coefficient (Wildman–Crippen LogP) is 2.51. The minimum absolute atomic E-state index is 0.286. The molecule has 0 radical (unpaired) electrons. The highest BCUT2D eigenvalue weighted by Crippen LogP contribution is 2.30. The topological polar surface area (TPSA) is 83.7 Å². The number of hydrogen-bond donors (Lipinski definition) is 2. The first kappa shape index (κ1) is 15.6. The van der Waals surface area contributed by atoms with Gasteiger partial charge in [0.2, 0.25) is 5.91 Å². The fourth-order valence-electron chi connectivity index (χ4n) is 2.94. The van der Waals surface area contributed by atoms with E-state index >= 15 is 0 Å². The third-order valence-corrected chi connectivity index (χ3v) is 4.42. The van der Waals surface area contributed by atoms with Crippen LogP contribution in [0.3, 0.4) is 0 Å². The van der Waals surface area contributed by atoms with Gasteiger partial charge in [0.1, 0.15) is 11.2 Å². The number of carbonyl (C=O) groups is 2. The molecule has 0 atom stereocenters. The van der Waals surface area contributed by atoms with Gasteiger partial charge >= 0.3 is 5.97 Å². The SMILES string of the molecule is O=C(/C=C\c1c(Cl)nc2ccccn12)NC1(C(=O)O)CCCC1. The van der Waals surface area contributed by atoms with Gasteiger partial charge in [-0.05, 0) is 31.1 Å². The molecular weight excluding hydrogens is 318 g/mol. The van der Waals surface area contributed by atoms with Crippen LogP contribution in [-0.2, 0) is 9.59 Å². The number of aromatic nitrogens is 2. The molecule has 1 fully saturated rings. The number of imidazole rings is 1. The van der Waals surface area contributed by atoms with Gasteiger partial charge in [0.15, 0.2) is 5.15 Å². The van der Waals surface area contributed by atoms with Crippen molar-refractivity contribution < 1.29 is 14.7 Å². The average Bonchev–Trinajstić information content (AvgIpc) is 3.10. The van der Waals surface area contributed by atoms with Gasteiger partial charge in [-0.3, -0.25) is 9.20 Å². The zero-order valence-electron chi connectivity index (χ0n) is 12.3. The Balaban J connectivity index is 1.80. The first-order valence-electron chi connectivity index (χ1n) is 7.38. The molecule has 1 amide bonds. The monoisotopic (exact) mass is 333 g/mol. The summed E-state index contributed by atoms with van der Waals surface area (Å²) in [5.74, 6) is -1.43. The van der Waals surface area contributed by atoms with E-state index in [1.54, 1.807) is 22.7 Å². The summed E-state index contributed by atoms with van der Waals surface area (Å²) in [6.07, 6.45) is 7.15. The van der Waals surface area contributed by atoms with Crippen molar-refractivity contribution in [2.45, 2.75) is 31.2 Å². The predicted molar refractivity (Wildman–Crippen MR) is 86.2 cm³/mol. The highest BCUT2D eigenvalue weighted by Gasteiger charge is 2.42. The molecule has 2 aromatic heterocycles. The van der Waals surface area contributed by atoms with Crippen LogP contribution in [0.25, 0.3) is 11.7 Å². The van der Waals surface area contributed by atoms with E-state index in [-0.39, 0.29) is 5.15 Å². The number of carboxylic acids is 1. The lowest BCUT2D eigenvalue weighted by atomic mass is 9.98. The van der Waals surface area contributed by atoms with Crippen molar-refractivity contribution in [3.63, 3.8) is 0 Å². The number of carboxylic acid groups (broad SMARTS) is 1. The lowest BCUT2D eigenvalue weighted by Gasteiger charge is -2.24. The van der Waals surface area contributed by atoms with Gasteiger partial charge in [-0.25, -0.2) is 9.78 Å². The Hall–Kier alpha value is -2.34. The van der Waals surface area contributed by atoms with E-state index in [9.17, 15) is 14.7 Å². The van der Waals surface area contributed by atoms with Crippen molar-refractivity contribution in [1.82, 2.24) is 14.7 Å². The summed E-state index contributed by atoms with van der Waals surface area (Å²) in [4.78, 5) is 27.8. The molecule has 1 aliphatic rings. The Morgan fingerprint density at radius 3 is 2.78 bits per heavy atom. The smallest absolute Gasteiger partial charge is 0.329 e. The summed E-state index contributed by atoms with van der Waals surface area (Å²) in [6.45, 7) is 0.